The van der Waals surface area contributed by atoms with Gasteiger partial charge in [-0.2, -0.15) is 0 Å². The Morgan fingerprint density at radius 2 is 1.72 bits per heavy atom. The van der Waals surface area contributed by atoms with Crippen molar-refractivity contribution in [2.24, 2.45) is 0 Å². The van der Waals surface area contributed by atoms with E-state index in [4.69, 9.17) is 21.6 Å². The van der Waals surface area contributed by atoms with E-state index in [9.17, 15) is 0 Å². The van der Waals surface area contributed by atoms with Crippen LogP contribution in [0.4, 0.5) is 5.13 Å². The predicted octanol–water partition coefficient (Wildman–Crippen LogP) is 5.94. The molecule has 0 amide bonds. The summed E-state index contributed by atoms with van der Waals surface area (Å²) in [5, 5.41) is 3.18. The number of thiazole rings is 2. The van der Waals surface area contributed by atoms with Crippen LogP contribution in [-0.4, -0.2) is 23.1 Å². The molecule has 1 fully saturated rings. The third-order valence-electron chi connectivity index (χ3n) is 4.76. The third-order valence-corrected chi connectivity index (χ3v) is 7.28. The first-order chi connectivity index (χ1) is 12.3. The van der Waals surface area contributed by atoms with E-state index < -0.39 is 0 Å². The van der Waals surface area contributed by atoms with Crippen LogP contribution in [0.15, 0.2) is 42.5 Å². The standard InChI is InChI=1S/C19H16ClN3S2/c20-13-5-6-15-17(11-13)25-19(22-15)23-9-7-12(8-10-23)18-21-14-3-1-2-4-16(14)24-18/h1-6,11-12H,7-10H2. The lowest BCUT2D eigenvalue weighted by Crippen LogP contribution is -2.32. The van der Waals surface area contributed by atoms with Crippen molar-refractivity contribution in [1.82, 2.24) is 9.97 Å². The van der Waals surface area contributed by atoms with Crippen molar-refractivity contribution in [1.29, 1.82) is 0 Å². The number of fused-ring (bicyclic) bond motifs is 2. The zero-order chi connectivity index (χ0) is 16.8. The molecule has 0 spiro atoms. The lowest BCUT2D eigenvalue weighted by Gasteiger charge is -2.30. The lowest BCUT2D eigenvalue weighted by molar-refractivity contribution is 0.504. The van der Waals surface area contributed by atoms with Crippen molar-refractivity contribution in [3.05, 3.63) is 52.5 Å². The maximum Gasteiger partial charge on any atom is 0.186 e. The van der Waals surface area contributed by atoms with Crippen molar-refractivity contribution in [3.63, 3.8) is 0 Å². The van der Waals surface area contributed by atoms with E-state index in [1.807, 2.05) is 29.5 Å². The molecule has 1 saturated heterocycles. The molecule has 4 aromatic rings. The van der Waals surface area contributed by atoms with Gasteiger partial charge in [-0.15, -0.1) is 11.3 Å². The molecule has 0 radical (unpaired) electrons. The Hall–Kier alpha value is -1.69. The summed E-state index contributed by atoms with van der Waals surface area (Å²) < 4.78 is 2.46. The van der Waals surface area contributed by atoms with Crippen LogP contribution in [0, 0.1) is 0 Å². The average Bonchev–Trinajstić information content (AvgIpc) is 3.25. The fraction of sp³-hybridized carbons (Fsp3) is 0.263. The fourth-order valence-corrected chi connectivity index (χ4v) is 5.83. The van der Waals surface area contributed by atoms with Gasteiger partial charge in [0.15, 0.2) is 5.13 Å². The van der Waals surface area contributed by atoms with Gasteiger partial charge in [-0.25, -0.2) is 9.97 Å². The van der Waals surface area contributed by atoms with Crippen molar-refractivity contribution < 1.29 is 0 Å². The Kier molecular flexibility index (Phi) is 3.88. The number of hydrogen-bond donors (Lipinski definition) is 0. The van der Waals surface area contributed by atoms with Crippen molar-refractivity contribution in [2.45, 2.75) is 18.8 Å². The van der Waals surface area contributed by atoms with Crippen LogP contribution >= 0.6 is 34.3 Å². The van der Waals surface area contributed by atoms with Gasteiger partial charge in [0.05, 0.1) is 25.4 Å². The molecule has 2 aromatic heterocycles. The summed E-state index contributed by atoms with van der Waals surface area (Å²) in [5.74, 6) is 0.567. The number of para-hydroxylation sites is 1. The minimum atomic E-state index is 0.567. The van der Waals surface area contributed by atoms with Gasteiger partial charge in [0, 0.05) is 24.0 Å². The minimum Gasteiger partial charge on any atom is -0.348 e. The van der Waals surface area contributed by atoms with Crippen molar-refractivity contribution >= 4 is 59.8 Å². The Labute approximate surface area is 158 Å². The molecular formula is C19H16ClN3S2. The van der Waals surface area contributed by atoms with Crippen LogP contribution in [0.3, 0.4) is 0 Å². The molecular weight excluding hydrogens is 370 g/mol. The second kappa shape index (κ2) is 6.24. The molecule has 0 unspecified atom stereocenters. The topological polar surface area (TPSA) is 29.0 Å². The van der Waals surface area contributed by atoms with E-state index in [-0.39, 0.29) is 0 Å². The molecule has 3 heterocycles. The number of halogens is 1. The molecule has 5 rings (SSSR count). The quantitative estimate of drug-likeness (QED) is 0.427. The SMILES string of the molecule is Clc1ccc2nc(N3CCC(c4nc5ccccc5s4)CC3)sc2c1. The van der Waals surface area contributed by atoms with Gasteiger partial charge < -0.3 is 4.90 Å². The highest BCUT2D eigenvalue weighted by molar-refractivity contribution is 7.22. The van der Waals surface area contributed by atoms with Crippen LogP contribution in [0.2, 0.25) is 5.02 Å². The maximum absolute atomic E-state index is 6.09. The zero-order valence-electron chi connectivity index (χ0n) is 13.5. The molecule has 0 N–H and O–H groups in total. The van der Waals surface area contributed by atoms with Gasteiger partial charge in [-0.05, 0) is 43.2 Å². The predicted molar refractivity (Wildman–Crippen MR) is 108 cm³/mol. The molecule has 0 aliphatic carbocycles. The molecule has 0 atom stereocenters. The molecule has 1 aliphatic rings. The number of anilines is 1. The number of piperidine rings is 1. The van der Waals surface area contributed by atoms with Crippen molar-refractivity contribution in [2.75, 3.05) is 18.0 Å². The van der Waals surface area contributed by atoms with E-state index in [0.717, 1.165) is 51.8 Å². The first-order valence-electron chi connectivity index (χ1n) is 8.43. The molecule has 1 aliphatic heterocycles. The smallest absolute Gasteiger partial charge is 0.186 e. The second-order valence-electron chi connectivity index (χ2n) is 6.39. The Balaban J connectivity index is 1.34. The molecule has 2 aromatic carbocycles. The van der Waals surface area contributed by atoms with E-state index in [2.05, 4.69) is 29.2 Å². The van der Waals surface area contributed by atoms with Gasteiger partial charge in [0.25, 0.3) is 0 Å². The molecule has 0 bridgehead atoms. The van der Waals surface area contributed by atoms with E-state index in [1.165, 1.54) is 9.71 Å². The van der Waals surface area contributed by atoms with Gasteiger partial charge in [-0.3, -0.25) is 0 Å². The number of nitrogens with zero attached hydrogens (tertiary/aromatic N) is 3. The van der Waals surface area contributed by atoms with Crippen molar-refractivity contribution in [3.8, 4) is 0 Å². The summed E-state index contributed by atoms with van der Waals surface area (Å²) in [6.45, 7) is 2.07. The van der Waals surface area contributed by atoms with Crippen LogP contribution in [-0.2, 0) is 0 Å². The average molecular weight is 386 g/mol. The van der Waals surface area contributed by atoms with Gasteiger partial charge in [0.2, 0.25) is 0 Å². The Morgan fingerprint density at radius 1 is 0.920 bits per heavy atom. The van der Waals surface area contributed by atoms with Gasteiger partial charge >= 0.3 is 0 Å². The summed E-state index contributed by atoms with van der Waals surface area (Å²) >= 11 is 9.68. The van der Waals surface area contributed by atoms with Gasteiger partial charge in [0.1, 0.15) is 0 Å². The first kappa shape index (κ1) is 15.6. The highest BCUT2D eigenvalue weighted by atomic mass is 35.5. The summed E-state index contributed by atoms with van der Waals surface area (Å²) in [6.07, 6.45) is 2.27. The number of benzene rings is 2. The third kappa shape index (κ3) is 2.90. The zero-order valence-corrected chi connectivity index (χ0v) is 15.9. The molecule has 0 saturated carbocycles. The normalized spacial score (nSPS) is 16.1. The summed E-state index contributed by atoms with van der Waals surface area (Å²) in [7, 11) is 0. The van der Waals surface area contributed by atoms with Crippen LogP contribution in [0.5, 0.6) is 0 Å². The largest absolute Gasteiger partial charge is 0.348 e. The number of hydrogen-bond acceptors (Lipinski definition) is 5. The lowest BCUT2D eigenvalue weighted by atomic mass is 9.98. The molecule has 126 valence electrons. The second-order valence-corrected chi connectivity index (χ2v) is 8.90. The monoisotopic (exact) mass is 385 g/mol. The summed E-state index contributed by atoms with van der Waals surface area (Å²) in [4.78, 5) is 12.0. The van der Waals surface area contributed by atoms with Crippen LogP contribution in [0.25, 0.3) is 20.4 Å². The highest BCUT2D eigenvalue weighted by Crippen LogP contribution is 2.37. The van der Waals surface area contributed by atoms with Gasteiger partial charge in [-0.1, -0.05) is 35.1 Å². The van der Waals surface area contributed by atoms with E-state index in [1.54, 1.807) is 11.3 Å². The minimum absolute atomic E-state index is 0.567. The summed E-state index contributed by atoms with van der Waals surface area (Å²) in [5.41, 5.74) is 2.17. The molecule has 25 heavy (non-hydrogen) atoms. The number of aromatic nitrogens is 2. The maximum atomic E-state index is 6.09. The molecule has 6 heteroatoms. The highest BCUT2D eigenvalue weighted by Gasteiger charge is 2.25. The van der Waals surface area contributed by atoms with E-state index in [0.29, 0.717) is 5.92 Å². The Bertz CT molecular complexity index is 1010. The van der Waals surface area contributed by atoms with E-state index >= 15 is 0 Å². The first-order valence-corrected chi connectivity index (χ1v) is 10.4. The molecule has 3 nitrogen and oxygen atoms in total. The fourth-order valence-electron chi connectivity index (χ4n) is 3.40. The summed E-state index contributed by atoms with van der Waals surface area (Å²) in [6, 6.07) is 14.3. The van der Waals surface area contributed by atoms with Crippen LogP contribution in [0.1, 0.15) is 23.8 Å². The number of rotatable bonds is 2. The van der Waals surface area contributed by atoms with Crippen LogP contribution < -0.4 is 4.90 Å². The Morgan fingerprint density at radius 3 is 2.56 bits per heavy atom.